The Hall–Kier alpha value is -2.18. The number of amidine groups is 1. The van der Waals surface area contributed by atoms with Crippen LogP contribution < -0.4 is 10.3 Å². The second-order valence-electron chi connectivity index (χ2n) is 4.99. The first-order valence-corrected chi connectivity index (χ1v) is 7.68. The predicted octanol–water partition coefficient (Wildman–Crippen LogP) is 3.05. The average molecular weight is 350 g/mol. The van der Waals surface area contributed by atoms with Crippen molar-refractivity contribution in [1.29, 1.82) is 0 Å². The Balaban J connectivity index is 1.74. The molecule has 23 heavy (non-hydrogen) atoms. The minimum atomic E-state index is -0.266. The molecule has 1 aliphatic heterocycles. The zero-order chi connectivity index (χ0) is 16.4. The highest BCUT2D eigenvalue weighted by Gasteiger charge is 2.20. The quantitative estimate of drug-likeness (QED) is 0.904. The van der Waals surface area contributed by atoms with Gasteiger partial charge in [0.15, 0.2) is 0 Å². The lowest BCUT2D eigenvalue weighted by Crippen LogP contribution is -2.30. The zero-order valence-corrected chi connectivity index (χ0v) is 13.8. The van der Waals surface area contributed by atoms with E-state index in [1.54, 1.807) is 24.1 Å². The van der Waals surface area contributed by atoms with E-state index in [9.17, 15) is 4.79 Å². The zero-order valence-electron chi connectivity index (χ0n) is 12.3. The van der Waals surface area contributed by atoms with Crippen molar-refractivity contribution in [2.24, 2.45) is 5.10 Å². The number of hydrogen-bond donors (Lipinski definition) is 1. The second-order valence-corrected chi connectivity index (χ2v) is 5.81. The Kier molecular flexibility index (Phi) is 4.45. The Morgan fingerprint density at radius 2 is 2.13 bits per heavy atom. The maximum absolute atomic E-state index is 12.2. The Bertz CT molecular complexity index is 793. The summed E-state index contributed by atoms with van der Waals surface area (Å²) in [5, 5.41) is 9.92. The minimum Gasteiger partial charge on any atom is -0.308 e. The topological polar surface area (TPSA) is 70.5 Å². The van der Waals surface area contributed by atoms with Crippen molar-refractivity contribution in [2.45, 2.75) is 13.3 Å². The second kappa shape index (κ2) is 6.52. The van der Waals surface area contributed by atoms with Crippen molar-refractivity contribution in [3.8, 4) is 0 Å². The van der Waals surface area contributed by atoms with Crippen LogP contribution in [0.25, 0.3) is 0 Å². The molecule has 0 radical (unpaired) electrons. The number of aromatic nitrogens is 2. The third kappa shape index (κ3) is 3.43. The molecule has 8 heteroatoms. The van der Waals surface area contributed by atoms with Crippen molar-refractivity contribution in [3.63, 3.8) is 0 Å². The van der Waals surface area contributed by atoms with Gasteiger partial charge in [-0.25, -0.2) is 9.97 Å². The number of amides is 1. The Morgan fingerprint density at radius 3 is 2.87 bits per heavy atom. The maximum atomic E-state index is 12.2. The van der Waals surface area contributed by atoms with E-state index >= 15 is 0 Å². The van der Waals surface area contributed by atoms with E-state index in [4.69, 9.17) is 23.2 Å². The molecule has 0 bridgehead atoms. The van der Waals surface area contributed by atoms with Crippen molar-refractivity contribution in [2.75, 3.05) is 11.6 Å². The van der Waals surface area contributed by atoms with Gasteiger partial charge in [0.1, 0.15) is 12.2 Å². The molecule has 0 spiro atoms. The van der Waals surface area contributed by atoms with Crippen LogP contribution in [0.3, 0.4) is 0 Å². The maximum Gasteiger partial charge on any atom is 0.260 e. The number of anilines is 1. The summed E-state index contributed by atoms with van der Waals surface area (Å²) in [6, 6.07) is 5.29. The number of rotatable bonds is 2. The van der Waals surface area contributed by atoms with Crippen LogP contribution in [0, 0.1) is 6.92 Å². The molecule has 2 aromatic rings. The number of carbonyl (C=O) groups is 1. The van der Waals surface area contributed by atoms with Crippen LogP contribution in [0.5, 0.6) is 0 Å². The molecule has 3 rings (SSSR count). The minimum absolute atomic E-state index is 0.266. The monoisotopic (exact) mass is 349 g/mol. The van der Waals surface area contributed by atoms with Crippen LogP contribution >= 0.6 is 23.2 Å². The van der Waals surface area contributed by atoms with Gasteiger partial charge in [0, 0.05) is 19.2 Å². The molecule has 0 saturated heterocycles. The highest BCUT2D eigenvalue weighted by Crippen LogP contribution is 2.28. The molecule has 0 saturated carbocycles. The molecule has 0 unspecified atom stereocenters. The number of halogens is 2. The fourth-order valence-corrected chi connectivity index (χ4v) is 2.48. The number of hydrogen-bond acceptors (Lipinski definition) is 5. The SMILES string of the molecule is Cc1ncncc1C(=O)NC1=NN(c2ccc(Cl)c(Cl)c2)CC1. The van der Waals surface area contributed by atoms with Gasteiger partial charge in [-0.1, -0.05) is 23.2 Å². The van der Waals surface area contributed by atoms with Crippen LogP contribution in [0.15, 0.2) is 35.8 Å². The summed E-state index contributed by atoms with van der Waals surface area (Å²) in [7, 11) is 0. The summed E-state index contributed by atoms with van der Waals surface area (Å²) in [5.41, 5.74) is 1.88. The van der Waals surface area contributed by atoms with E-state index in [0.717, 1.165) is 5.69 Å². The van der Waals surface area contributed by atoms with E-state index in [-0.39, 0.29) is 5.91 Å². The molecular formula is C15H13Cl2N5O. The fourth-order valence-electron chi connectivity index (χ4n) is 2.19. The van der Waals surface area contributed by atoms with Gasteiger partial charge in [0.05, 0.1) is 27.0 Å². The van der Waals surface area contributed by atoms with Crippen LogP contribution in [-0.2, 0) is 0 Å². The lowest BCUT2D eigenvalue weighted by atomic mass is 10.2. The van der Waals surface area contributed by atoms with Gasteiger partial charge in [0.2, 0.25) is 0 Å². The lowest BCUT2D eigenvalue weighted by molar-refractivity contribution is 0.0975. The van der Waals surface area contributed by atoms with Crippen LogP contribution in [0.2, 0.25) is 10.0 Å². The number of hydrazone groups is 1. The number of aryl methyl sites for hydroxylation is 1. The van der Waals surface area contributed by atoms with Crippen LogP contribution in [-0.4, -0.2) is 28.3 Å². The summed E-state index contributed by atoms with van der Waals surface area (Å²) in [6.45, 7) is 2.41. The summed E-state index contributed by atoms with van der Waals surface area (Å²) >= 11 is 11.9. The van der Waals surface area contributed by atoms with Gasteiger partial charge in [-0.3, -0.25) is 9.80 Å². The molecule has 1 aromatic heterocycles. The predicted molar refractivity (Wildman–Crippen MR) is 90.1 cm³/mol. The first-order valence-electron chi connectivity index (χ1n) is 6.92. The summed E-state index contributed by atoms with van der Waals surface area (Å²) < 4.78 is 0. The molecule has 1 N–H and O–H groups in total. The molecular weight excluding hydrogens is 337 g/mol. The van der Waals surface area contributed by atoms with E-state index in [1.165, 1.54) is 12.5 Å². The third-order valence-corrected chi connectivity index (χ3v) is 4.16. The first kappa shape index (κ1) is 15.7. The average Bonchev–Trinajstić information content (AvgIpc) is 2.99. The molecule has 1 aromatic carbocycles. The largest absolute Gasteiger partial charge is 0.308 e. The van der Waals surface area contributed by atoms with Crippen molar-refractivity contribution >= 4 is 40.6 Å². The van der Waals surface area contributed by atoms with E-state index < -0.39 is 0 Å². The van der Waals surface area contributed by atoms with Crippen molar-refractivity contribution in [1.82, 2.24) is 15.3 Å². The number of carbonyl (C=O) groups excluding carboxylic acids is 1. The summed E-state index contributed by atoms with van der Waals surface area (Å²) in [4.78, 5) is 20.1. The van der Waals surface area contributed by atoms with Crippen LogP contribution in [0.1, 0.15) is 22.5 Å². The molecule has 0 atom stereocenters. The standard InChI is InChI=1S/C15H13Cl2N5O/c1-9-11(7-18-8-19-9)15(23)20-14-4-5-22(21-14)10-2-3-12(16)13(17)6-10/h2-3,6-8H,4-5H2,1H3,(H,20,21,23). The molecule has 2 heterocycles. The number of benzene rings is 1. The summed E-state index contributed by atoms with van der Waals surface area (Å²) in [6.07, 6.45) is 3.52. The normalized spacial score (nSPS) is 13.9. The van der Waals surface area contributed by atoms with Gasteiger partial charge in [-0.2, -0.15) is 5.10 Å². The number of nitrogens with one attached hydrogen (secondary N) is 1. The first-order chi connectivity index (χ1) is 11.0. The smallest absolute Gasteiger partial charge is 0.260 e. The van der Waals surface area contributed by atoms with Gasteiger partial charge in [0.25, 0.3) is 5.91 Å². The summed E-state index contributed by atoms with van der Waals surface area (Å²) in [5.74, 6) is 0.321. The van der Waals surface area contributed by atoms with Crippen molar-refractivity contribution < 1.29 is 4.79 Å². The molecule has 0 aliphatic carbocycles. The van der Waals surface area contributed by atoms with E-state index in [2.05, 4.69) is 20.4 Å². The number of nitrogens with zero attached hydrogens (tertiary/aromatic N) is 4. The molecule has 1 amide bonds. The molecule has 1 aliphatic rings. The highest BCUT2D eigenvalue weighted by atomic mass is 35.5. The van der Waals surface area contributed by atoms with Gasteiger partial charge in [-0.05, 0) is 25.1 Å². The van der Waals surface area contributed by atoms with Gasteiger partial charge >= 0.3 is 0 Å². The molecule has 6 nitrogen and oxygen atoms in total. The Labute approximate surface area is 143 Å². The molecule has 118 valence electrons. The molecule has 0 fully saturated rings. The van der Waals surface area contributed by atoms with Gasteiger partial charge in [-0.15, -0.1) is 0 Å². The Morgan fingerprint density at radius 1 is 1.30 bits per heavy atom. The third-order valence-electron chi connectivity index (χ3n) is 3.42. The van der Waals surface area contributed by atoms with Crippen molar-refractivity contribution in [3.05, 3.63) is 52.0 Å². The fraction of sp³-hybridized carbons (Fsp3) is 0.200. The van der Waals surface area contributed by atoms with E-state index in [1.807, 2.05) is 6.07 Å². The van der Waals surface area contributed by atoms with Gasteiger partial charge < -0.3 is 5.32 Å². The van der Waals surface area contributed by atoms with Crippen LogP contribution in [0.4, 0.5) is 5.69 Å². The van der Waals surface area contributed by atoms with E-state index in [0.29, 0.717) is 40.1 Å². The lowest BCUT2D eigenvalue weighted by Gasteiger charge is -2.13. The highest BCUT2D eigenvalue weighted by molar-refractivity contribution is 6.42.